The van der Waals surface area contributed by atoms with Crippen LogP contribution in [0, 0.1) is 0 Å². The number of sulfonamides is 1. The molecule has 1 aromatic rings. The van der Waals surface area contributed by atoms with Crippen molar-refractivity contribution < 1.29 is 36.2 Å². The lowest BCUT2D eigenvalue weighted by Crippen LogP contribution is -2.52. The second-order valence-electron chi connectivity index (χ2n) is 4.19. The first kappa shape index (κ1) is 16.2. The number of thiophene rings is 1. The van der Waals surface area contributed by atoms with Gasteiger partial charge in [0, 0.05) is 11.9 Å². The molecule has 1 aliphatic rings. The number of alkyl halides is 3. The fourth-order valence-electron chi connectivity index (χ4n) is 1.81. The molecule has 6 nitrogen and oxygen atoms in total. The zero-order valence-corrected chi connectivity index (χ0v) is 12.0. The Balaban J connectivity index is 2.36. The summed E-state index contributed by atoms with van der Waals surface area (Å²) < 4.78 is 67.7. The van der Waals surface area contributed by atoms with Crippen molar-refractivity contribution in [1.29, 1.82) is 0 Å². The summed E-state index contributed by atoms with van der Waals surface area (Å²) in [5.74, 6) is -1.41. The lowest BCUT2D eigenvalue weighted by Gasteiger charge is -2.31. The largest absolute Gasteiger partial charge is 0.480 e. The maximum atomic E-state index is 12.5. The van der Waals surface area contributed by atoms with Crippen molar-refractivity contribution in [3.63, 3.8) is 0 Å². The van der Waals surface area contributed by atoms with E-state index in [0.717, 1.165) is 5.38 Å². The molecule has 2 heterocycles. The highest BCUT2D eigenvalue weighted by molar-refractivity contribution is 7.89. The van der Waals surface area contributed by atoms with Crippen molar-refractivity contribution in [2.75, 3.05) is 19.8 Å². The number of carbonyl (C=O) groups is 1. The Hall–Kier alpha value is -1.17. The Morgan fingerprint density at radius 3 is 2.67 bits per heavy atom. The average Bonchev–Trinajstić information content (AvgIpc) is 2.88. The third-order valence-electron chi connectivity index (χ3n) is 2.83. The fraction of sp³-hybridized carbons (Fsp3) is 0.500. The quantitative estimate of drug-likeness (QED) is 0.891. The molecule has 1 unspecified atom stereocenters. The van der Waals surface area contributed by atoms with Crippen LogP contribution in [-0.2, 0) is 25.7 Å². The van der Waals surface area contributed by atoms with Gasteiger partial charge in [0.05, 0.1) is 18.1 Å². The molecule has 1 aliphatic heterocycles. The predicted molar refractivity (Wildman–Crippen MR) is 65.5 cm³/mol. The van der Waals surface area contributed by atoms with Gasteiger partial charge in [-0.3, -0.25) is 4.79 Å². The van der Waals surface area contributed by atoms with E-state index in [9.17, 15) is 26.4 Å². The molecular formula is C10H10F3NO5S2. The molecule has 0 bridgehead atoms. The van der Waals surface area contributed by atoms with Crippen LogP contribution in [0.15, 0.2) is 16.3 Å². The third-order valence-corrected chi connectivity index (χ3v) is 5.84. The number of aliphatic carboxylic acids is 1. The first-order valence-electron chi connectivity index (χ1n) is 5.62. The molecule has 118 valence electrons. The van der Waals surface area contributed by atoms with E-state index >= 15 is 0 Å². The SMILES string of the molecule is O=C(O)C1COCCN1S(=O)(=O)c1csc(C(F)(F)F)c1. The molecular weight excluding hydrogens is 335 g/mol. The average molecular weight is 345 g/mol. The molecule has 1 atom stereocenters. The second kappa shape index (κ2) is 5.55. The van der Waals surface area contributed by atoms with Crippen molar-refractivity contribution in [2.45, 2.75) is 17.1 Å². The van der Waals surface area contributed by atoms with Crippen LogP contribution < -0.4 is 0 Å². The zero-order chi connectivity index (χ0) is 15.8. The molecule has 1 fully saturated rings. The summed E-state index contributed by atoms with van der Waals surface area (Å²) in [6.45, 7) is -0.583. The highest BCUT2D eigenvalue weighted by Gasteiger charge is 2.40. The minimum atomic E-state index is -4.64. The Labute approximate surface area is 121 Å². The summed E-state index contributed by atoms with van der Waals surface area (Å²) in [6, 6.07) is -0.938. The molecule has 0 radical (unpaired) electrons. The van der Waals surface area contributed by atoms with E-state index in [1.165, 1.54) is 0 Å². The third kappa shape index (κ3) is 3.20. The van der Waals surface area contributed by atoms with Gasteiger partial charge in [0.2, 0.25) is 10.0 Å². The normalized spacial score (nSPS) is 21.4. The van der Waals surface area contributed by atoms with Crippen LogP contribution in [0.4, 0.5) is 13.2 Å². The standard InChI is InChI=1S/C10H10F3NO5S2/c11-10(12,13)8-3-6(5-20-8)21(17,18)14-1-2-19-4-7(14)9(15)16/h3,5,7H,1-2,4H2,(H,15,16). The van der Waals surface area contributed by atoms with E-state index in [1.807, 2.05) is 0 Å². The molecule has 0 spiro atoms. The number of carboxylic acids is 1. The van der Waals surface area contributed by atoms with E-state index in [-0.39, 0.29) is 31.1 Å². The Morgan fingerprint density at radius 1 is 1.48 bits per heavy atom. The van der Waals surface area contributed by atoms with Gasteiger partial charge in [0.15, 0.2) is 0 Å². The fourth-order valence-corrected chi connectivity index (χ4v) is 4.49. The Kier molecular flexibility index (Phi) is 4.29. The van der Waals surface area contributed by atoms with Crippen molar-refractivity contribution in [3.05, 3.63) is 16.3 Å². The Bertz CT molecular complexity index is 639. The highest BCUT2D eigenvalue weighted by atomic mass is 32.2. The molecule has 11 heteroatoms. The van der Waals surface area contributed by atoms with Crippen LogP contribution in [0.3, 0.4) is 0 Å². The molecule has 0 saturated carbocycles. The van der Waals surface area contributed by atoms with Gasteiger partial charge in [-0.1, -0.05) is 0 Å². The van der Waals surface area contributed by atoms with Gasteiger partial charge in [-0.25, -0.2) is 8.42 Å². The first-order chi connectivity index (χ1) is 9.64. The number of ether oxygens (including phenoxy) is 1. The van der Waals surface area contributed by atoms with Crippen molar-refractivity contribution in [1.82, 2.24) is 4.31 Å². The summed E-state index contributed by atoms with van der Waals surface area (Å²) >= 11 is 0.247. The van der Waals surface area contributed by atoms with Crippen LogP contribution in [0.25, 0.3) is 0 Å². The van der Waals surface area contributed by atoms with E-state index in [4.69, 9.17) is 9.84 Å². The number of nitrogens with zero attached hydrogens (tertiary/aromatic N) is 1. The second-order valence-corrected chi connectivity index (χ2v) is 6.99. The number of carboxylic acid groups (broad SMARTS) is 1. The van der Waals surface area contributed by atoms with Gasteiger partial charge < -0.3 is 9.84 Å². The molecule has 0 aliphatic carbocycles. The van der Waals surface area contributed by atoms with E-state index in [2.05, 4.69) is 0 Å². The minimum absolute atomic E-state index is 0.0146. The molecule has 0 amide bonds. The Morgan fingerprint density at radius 2 is 2.14 bits per heavy atom. The molecule has 1 N–H and O–H groups in total. The van der Waals surface area contributed by atoms with Crippen molar-refractivity contribution in [3.8, 4) is 0 Å². The summed E-state index contributed by atoms with van der Waals surface area (Å²) in [5, 5.41) is 9.84. The van der Waals surface area contributed by atoms with Gasteiger partial charge >= 0.3 is 12.1 Å². The first-order valence-corrected chi connectivity index (χ1v) is 7.94. The lowest BCUT2D eigenvalue weighted by atomic mass is 10.3. The molecule has 21 heavy (non-hydrogen) atoms. The monoisotopic (exact) mass is 345 g/mol. The topological polar surface area (TPSA) is 83.9 Å². The van der Waals surface area contributed by atoms with E-state index in [1.54, 1.807) is 0 Å². The predicted octanol–water partition coefficient (Wildman–Crippen LogP) is 1.24. The molecule has 0 aromatic carbocycles. The summed E-state index contributed by atoms with van der Waals surface area (Å²) in [7, 11) is -4.31. The number of morpholine rings is 1. The number of hydrogen-bond acceptors (Lipinski definition) is 5. The van der Waals surface area contributed by atoms with E-state index < -0.39 is 38.0 Å². The number of hydrogen-bond donors (Lipinski definition) is 1. The summed E-state index contributed by atoms with van der Waals surface area (Å²) in [5.41, 5.74) is 0. The smallest absolute Gasteiger partial charge is 0.425 e. The van der Waals surface area contributed by atoms with Crippen LogP contribution in [0.1, 0.15) is 4.88 Å². The molecule has 2 rings (SSSR count). The maximum Gasteiger partial charge on any atom is 0.425 e. The maximum absolute atomic E-state index is 12.5. The van der Waals surface area contributed by atoms with Crippen LogP contribution in [0.5, 0.6) is 0 Å². The molecule has 1 aromatic heterocycles. The summed E-state index contributed by atoms with van der Waals surface area (Å²) in [4.78, 5) is 9.43. The van der Waals surface area contributed by atoms with Gasteiger partial charge in [-0.2, -0.15) is 17.5 Å². The number of rotatable bonds is 3. The number of halogens is 3. The van der Waals surface area contributed by atoms with Crippen molar-refractivity contribution in [2.24, 2.45) is 0 Å². The summed E-state index contributed by atoms with van der Waals surface area (Å²) in [6.07, 6.45) is -4.64. The van der Waals surface area contributed by atoms with Gasteiger partial charge in [0.25, 0.3) is 0 Å². The van der Waals surface area contributed by atoms with Gasteiger partial charge in [-0.05, 0) is 6.07 Å². The van der Waals surface area contributed by atoms with E-state index in [0.29, 0.717) is 10.4 Å². The van der Waals surface area contributed by atoms with Crippen LogP contribution in [-0.4, -0.2) is 49.6 Å². The van der Waals surface area contributed by atoms with Crippen LogP contribution in [0.2, 0.25) is 0 Å². The highest BCUT2D eigenvalue weighted by Crippen LogP contribution is 2.36. The van der Waals surface area contributed by atoms with Gasteiger partial charge in [0.1, 0.15) is 10.9 Å². The minimum Gasteiger partial charge on any atom is -0.480 e. The van der Waals surface area contributed by atoms with Gasteiger partial charge in [-0.15, -0.1) is 11.3 Å². The lowest BCUT2D eigenvalue weighted by molar-refractivity contribution is -0.146. The van der Waals surface area contributed by atoms with Crippen molar-refractivity contribution >= 4 is 27.3 Å². The van der Waals surface area contributed by atoms with Crippen LogP contribution >= 0.6 is 11.3 Å². The zero-order valence-electron chi connectivity index (χ0n) is 10.3. The molecule has 1 saturated heterocycles.